The van der Waals surface area contributed by atoms with Gasteiger partial charge in [-0.1, -0.05) is 48.0 Å². The third-order valence-electron chi connectivity index (χ3n) is 5.25. The molecule has 138 valence electrons. The topological polar surface area (TPSA) is 61.8 Å². The van der Waals surface area contributed by atoms with Gasteiger partial charge in [0.25, 0.3) is 0 Å². The number of rotatable bonds is 6. The smallest absolute Gasteiger partial charge is 0.189 e. The minimum Gasteiger partial charge on any atom is -0.366 e. The predicted molar refractivity (Wildman–Crippen MR) is 96.4 cm³/mol. The van der Waals surface area contributed by atoms with Crippen LogP contribution < -0.4 is 0 Å². The van der Waals surface area contributed by atoms with Crippen LogP contribution in [-0.2, 0) is 30.7 Å². The van der Waals surface area contributed by atoms with E-state index in [0.29, 0.717) is 17.9 Å². The van der Waals surface area contributed by atoms with Gasteiger partial charge in [-0.25, -0.2) is 8.42 Å². The largest absolute Gasteiger partial charge is 0.366 e. The Balaban J connectivity index is 1.64. The van der Waals surface area contributed by atoms with Gasteiger partial charge in [-0.15, -0.1) is 0 Å². The van der Waals surface area contributed by atoms with Gasteiger partial charge in [0.05, 0.1) is 17.6 Å². The lowest BCUT2D eigenvalue weighted by Crippen LogP contribution is -2.43. The summed E-state index contributed by atoms with van der Waals surface area (Å²) < 4.78 is 42.9. The number of hydrogen-bond donors (Lipinski definition) is 0. The van der Waals surface area contributed by atoms with E-state index in [2.05, 4.69) is 0 Å². The van der Waals surface area contributed by atoms with Crippen LogP contribution >= 0.6 is 0 Å². The van der Waals surface area contributed by atoms with E-state index in [-0.39, 0.29) is 6.10 Å². The average Bonchev–Trinajstić information content (AvgIpc) is 3.30. The molecule has 2 fully saturated rings. The number of aryl methyl sites for hydroxylation is 1. The molecule has 5 nitrogen and oxygen atoms in total. The lowest BCUT2D eigenvalue weighted by Gasteiger charge is -2.26. The highest BCUT2D eigenvalue weighted by atomic mass is 32.2. The molecule has 1 saturated heterocycles. The SMILES string of the molecule is CO[C@@H]1O[C@@H]2C[C@]2(S(=O)(=O)c2ccc(C)cc2)[C@H]1OCc1ccccc1. The van der Waals surface area contributed by atoms with Gasteiger partial charge in [-0.05, 0) is 24.6 Å². The highest BCUT2D eigenvalue weighted by Gasteiger charge is 2.77. The normalized spacial score (nSPS) is 30.2. The summed E-state index contributed by atoms with van der Waals surface area (Å²) in [7, 11) is -2.09. The number of sulfone groups is 1. The Hall–Kier alpha value is -1.73. The fraction of sp³-hybridized carbons (Fsp3) is 0.400. The molecule has 6 heteroatoms. The fourth-order valence-electron chi connectivity index (χ4n) is 3.69. The maximum atomic E-state index is 13.4. The Labute approximate surface area is 153 Å². The van der Waals surface area contributed by atoms with Gasteiger partial charge in [-0.2, -0.15) is 0 Å². The molecule has 0 radical (unpaired) electrons. The van der Waals surface area contributed by atoms with Crippen LogP contribution in [0.15, 0.2) is 59.5 Å². The Morgan fingerprint density at radius 2 is 1.81 bits per heavy atom. The molecule has 0 N–H and O–H groups in total. The summed E-state index contributed by atoms with van der Waals surface area (Å²) >= 11 is 0. The predicted octanol–water partition coefficient (Wildman–Crippen LogP) is 2.87. The third kappa shape index (κ3) is 2.68. The standard InChI is InChI=1S/C20H22O5S/c1-14-8-10-16(11-9-14)26(21,22)20-12-17(20)25-19(23-2)18(20)24-13-15-6-4-3-5-7-15/h3-11,17-19H,12-13H2,1-2H3/t17-,18+,19-,20-/m1/s1. The van der Waals surface area contributed by atoms with E-state index in [1.54, 1.807) is 12.1 Å². The number of methoxy groups -OCH3 is 1. The van der Waals surface area contributed by atoms with Crippen molar-refractivity contribution in [2.24, 2.45) is 0 Å². The molecular formula is C20H22O5S. The van der Waals surface area contributed by atoms with Crippen molar-refractivity contribution >= 4 is 9.84 Å². The summed E-state index contributed by atoms with van der Waals surface area (Å²) in [5.41, 5.74) is 2.00. The quantitative estimate of drug-likeness (QED) is 0.778. The average molecular weight is 374 g/mol. The van der Waals surface area contributed by atoms with Crippen molar-refractivity contribution in [3.63, 3.8) is 0 Å². The van der Waals surface area contributed by atoms with Gasteiger partial charge in [0.15, 0.2) is 16.1 Å². The minimum atomic E-state index is -3.61. The molecule has 1 aliphatic heterocycles. The highest BCUT2D eigenvalue weighted by Crippen LogP contribution is 2.58. The van der Waals surface area contributed by atoms with Crippen molar-refractivity contribution in [3.05, 3.63) is 65.7 Å². The first-order valence-corrected chi connectivity index (χ1v) is 10.1. The monoisotopic (exact) mass is 374 g/mol. The van der Waals surface area contributed by atoms with Gasteiger partial charge < -0.3 is 14.2 Å². The Morgan fingerprint density at radius 1 is 1.12 bits per heavy atom. The minimum absolute atomic E-state index is 0.305. The van der Waals surface area contributed by atoms with Crippen molar-refractivity contribution in [1.29, 1.82) is 0 Å². The van der Waals surface area contributed by atoms with Crippen LogP contribution in [0.1, 0.15) is 17.5 Å². The zero-order chi connectivity index (χ0) is 18.4. The second kappa shape index (κ2) is 6.46. The van der Waals surface area contributed by atoms with Gasteiger partial charge >= 0.3 is 0 Å². The van der Waals surface area contributed by atoms with E-state index < -0.39 is 27.0 Å². The molecule has 0 aromatic heterocycles. The summed E-state index contributed by atoms with van der Waals surface area (Å²) in [6.45, 7) is 2.24. The van der Waals surface area contributed by atoms with Crippen molar-refractivity contribution in [1.82, 2.24) is 0 Å². The highest BCUT2D eigenvalue weighted by molar-refractivity contribution is 7.93. The molecule has 0 bridgehead atoms. The molecule has 0 amide bonds. The van der Waals surface area contributed by atoms with Gasteiger partial charge in [0.2, 0.25) is 0 Å². The molecule has 1 aliphatic carbocycles. The fourth-order valence-corrected chi connectivity index (χ4v) is 5.88. The first-order valence-electron chi connectivity index (χ1n) is 8.64. The van der Waals surface area contributed by atoms with Crippen LogP contribution in [0, 0.1) is 6.92 Å². The van der Waals surface area contributed by atoms with E-state index in [1.165, 1.54) is 7.11 Å². The first-order chi connectivity index (χ1) is 12.5. The molecule has 0 unspecified atom stereocenters. The Morgan fingerprint density at radius 3 is 2.46 bits per heavy atom. The van der Waals surface area contributed by atoms with Gasteiger partial charge in [0, 0.05) is 13.5 Å². The molecule has 2 aromatic carbocycles. The first kappa shape index (κ1) is 17.7. The zero-order valence-electron chi connectivity index (χ0n) is 14.8. The van der Waals surface area contributed by atoms with Crippen LogP contribution in [0.3, 0.4) is 0 Å². The molecule has 0 spiro atoms. The maximum absolute atomic E-state index is 13.4. The van der Waals surface area contributed by atoms with E-state index in [0.717, 1.165) is 11.1 Å². The van der Waals surface area contributed by atoms with Crippen molar-refractivity contribution in [2.75, 3.05) is 7.11 Å². The summed E-state index contributed by atoms with van der Waals surface area (Å²) in [5, 5.41) is 0. The van der Waals surface area contributed by atoms with Crippen LogP contribution in [0.25, 0.3) is 0 Å². The van der Waals surface area contributed by atoms with Crippen molar-refractivity contribution in [3.8, 4) is 0 Å². The number of fused-ring (bicyclic) bond motifs is 1. The van der Waals surface area contributed by atoms with Crippen LogP contribution in [0.5, 0.6) is 0 Å². The molecule has 1 saturated carbocycles. The van der Waals surface area contributed by atoms with Crippen LogP contribution in [0.4, 0.5) is 0 Å². The van der Waals surface area contributed by atoms with Gasteiger partial charge in [-0.3, -0.25) is 0 Å². The van der Waals surface area contributed by atoms with E-state index in [4.69, 9.17) is 14.2 Å². The van der Waals surface area contributed by atoms with Crippen molar-refractivity contribution < 1.29 is 22.6 Å². The molecule has 1 heterocycles. The lowest BCUT2D eigenvalue weighted by atomic mass is 10.2. The lowest BCUT2D eigenvalue weighted by molar-refractivity contribution is -0.170. The number of ether oxygens (including phenoxy) is 3. The maximum Gasteiger partial charge on any atom is 0.189 e. The van der Waals surface area contributed by atoms with Crippen LogP contribution in [0.2, 0.25) is 0 Å². The Bertz CT molecular complexity index is 878. The Kier molecular flexibility index (Phi) is 4.39. The van der Waals surface area contributed by atoms with Gasteiger partial charge in [0.1, 0.15) is 10.9 Å². The van der Waals surface area contributed by atoms with Crippen molar-refractivity contribution in [2.45, 2.75) is 48.1 Å². The third-order valence-corrected chi connectivity index (χ3v) is 7.81. The second-order valence-corrected chi connectivity index (χ2v) is 9.16. The second-order valence-electron chi connectivity index (χ2n) is 6.92. The summed E-state index contributed by atoms with van der Waals surface area (Å²) in [6, 6.07) is 16.6. The zero-order valence-corrected chi connectivity index (χ0v) is 15.6. The number of benzene rings is 2. The summed E-state index contributed by atoms with van der Waals surface area (Å²) in [4.78, 5) is 0.305. The van der Waals surface area contributed by atoms with E-state index >= 15 is 0 Å². The summed E-state index contributed by atoms with van der Waals surface area (Å²) in [5.74, 6) is 0. The molecule has 2 aliphatic rings. The molecule has 26 heavy (non-hydrogen) atoms. The van der Waals surface area contributed by atoms with Crippen LogP contribution in [-0.4, -0.2) is 38.8 Å². The van der Waals surface area contributed by atoms with E-state index in [9.17, 15) is 8.42 Å². The molecule has 2 aromatic rings. The number of hydrogen-bond acceptors (Lipinski definition) is 5. The van der Waals surface area contributed by atoms with E-state index in [1.807, 2.05) is 49.4 Å². The summed E-state index contributed by atoms with van der Waals surface area (Å²) in [6.07, 6.45) is -1.30. The molecule has 4 atom stereocenters. The molecule has 4 rings (SSSR count). The molecular weight excluding hydrogens is 352 g/mol.